The molecule has 2 heterocycles. The van der Waals surface area contributed by atoms with E-state index < -0.39 is 0 Å². The number of para-hydroxylation sites is 3. The summed E-state index contributed by atoms with van der Waals surface area (Å²) in [6.07, 6.45) is 0. The molecule has 0 atom stereocenters. The van der Waals surface area contributed by atoms with E-state index in [1.165, 1.54) is 126 Å². The Morgan fingerprint density at radius 2 is 0.618 bits per heavy atom. The highest BCUT2D eigenvalue weighted by Crippen LogP contribution is 2.45. The van der Waals surface area contributed by atoms with Gasteiger partial charge in [-0.05, 0) is 131 Å². The average Bonchev–Trinajstić information content (AvgIpc) is 3.92. The van der Waals surface area contributed by atoms with Gasteiger partial charge in [0.25, 0.3) is 0 Å². The van der Waals surface area contributed by atoms with Crippen LogP contribution < -0.4 is 0 Å². The first-order valence-corrected chi connectivity index (χ1v) is 23.5. The van der Waals surface area contributed by atoms with E-state index in [-0.39, 0.29) is 0 Å². The van der Waals surface area contributed by atoms with E-state index in [0.29, 0.717) is 0 Å². The van der Waals surface area contributed by atoms with Crippen molar-refractivity contribution < 1.29 is 0 Å². The first kappa shape index (κ1) is 38.3. The van der Waals surface area contributed by atoms with E-state index in [1.807, 2.05) is 0 Å². The Labute approximate surface area is 393 Å². The lowest BCUT2D eigenvalue weighted by atomic mass is 9.85. The predicted octanol–water partition coefficient (Wildman–Crippen LogP) is 18.0. The Hall–Kier alpha value is -8.98. The van der Waals surface area contributed by atoms with Crippen LogP contribution in [-0.4, -0.2) is 9.13 Å². The molecule has 0 saturated carbocycles. The van der Waals surface area contributed by atoms with Gasteiger partial charge in [-0.1, -0.05) is 200 Å². The molecule has 12 aromatic carbocycles. The fourth-order valence-electron chi connectivity index (χ4n) is 11.3. The van der Waals surface area contributed by atoms with Gasteiger partial charge in [0.15, 0.2) is 0 Å². The topological polar surface area (TPSA) is 9.86 Å². The second-order valence-corrected chi connectivity index (χ2v) is 18.0. The summed E-state index contributed by atoms with van der Waals surface area (Å²) in [5.74, 6) is 0. The molecule has 0 spiro atoms. The monoisotopic (exact) mass is 862 g/mol. The lowest BCUT2D eigenvalue weighted by Crippen LogP contribution is -1.95. The minimum Gasteiger partial charge on any atom is -0.309 e. The molecular formula is C66H42N2. The summed E-state index contributed by atoms with van der Waals surface area (Å²) in [4.78, 5) is 0. The summed E-state index contributed by atoms with van der Waals surface area (Å²) >= 11 is 0. The van der Waals surface area contributed by atoms with Crippen molar-refractivity contribution in [3.8, 4) is 55.9 Å². The second-order valence-electron chi connectivity index (χ2n) is 18.0. The van der Waals surface area contributed by atoms with Crippen LogP contribution in [0.4, 0.5) is 0 Å². The van der Waals surface area contributed by atoms with Crippen LogP contribution in [0.2, 0.25) is 0 Å². The highest BCUT2D eigenvalue weighted by Gasteiger charge is 2.19. The number of rotatable bonds is 6. The normalized spacial score (nSPS) is 11.8. The molecule has 0 aliphatic rings. The molecule has 0 amide bonds. The fourth-order valence-corrected chi connectivity index (χ4v) is 11.3. The Morgan fingerprint density at radius 1 is 0.206 bits per heavy atom. The van der Waals surface area contributed by atoms with Crippen molar-refractivity contribution in [1.29, 1.82) is 0 Å². The number of nitrogens with zero attached hydrogens (tertiary/aromatic N) is 2. The molecular weight excluding hydrogens is 821 g/mol. The first-order chi connectivity index (χ1) is 33.7. The molecule has 14 rings (SSSR count). The zero-order chi connectivity index (χ0) is 44.7. The maximum absolute atomic E-state index is 2.44. The first-order valence-electron chi connectivity index (χ1n) is 23.5. The minimum atomic E-state index is 1.13. The molecule has 0 unspecified atom stereocenters. The second kappa shape index (κ2) is 15.3. The predicted molar refractivity (Wildman–Crippen MR) is 289 cm³/mol. The van der Waals surface area contributed by atoms with Crippen molar-refractivity contribution in [2.45, 2.75) is 0 Å². The zero-order valence-electron chi connectivity index (χ0n) is 37.1. The molecule has 0 bridgehead atoms. The van der Waals surface area contributed by atoms with Gasteiger partial charge in [0, 0.05) is 32.9 Å². The van der Waals surface area contributed by atoms with Crippen LogP contribution in [0.25, 0.3) is 132 Å². The maximum atomic E-state index is 2.44. The third kappa shape index (κ3) is 5.91. The Bertz CT molecular complexity index is 4220. The maximum Gasteiger partial charge on any atom is 0.0547 e. The molecule has 0 radical (unpaired) electrons. The van der Waals surface area contributed by atoms with Gasteiger partial charge in [-0.25, -0.2) is 0 Å². The van der Waals surface area contributed by atoms with Gasteiger partial charge in [0.05, 0.1) is 22.1 Å². The van der Waals surface area contributed by atoms with E-state index in [9.17, 15) is 0 Å². The van der Waals surface area contributed by atoms with Crippen molar-refractivity contribution in [3.63, 3.8) is 0 Å². The third-order valence-electron chi connectivity index (χ3n) is 14.3. The number of hydrogen-bond acceptors (Lipinski definition) is 0. The van der Waals surface area contributed by atoms with Crippen molar-refractivity contribution in [1.82, 2.24) is 9.13 Å². The molecule has 14 aromatic rings. The number of fused-ring (bicyclic) bond motifs is 9. The molecule has 0 fully saturated rings. The number of benzene rings is 12. The van der Waals surface area contributed by atoms with Crippen LogP contribution >= 0.6 is 0 Å². The van der Waals surface area contributed by atoms with E-state index in [1.54, 1.807) is 0 Å². The largest absolute Gasteiger partial charge is 0.309 e. The van der Waals surface area contributed by atoms with Gasteiger partial charge in [0.1, 0.15) is 0 Å². The van der Waals surface area contributed by atoms with Crippen LogP contribution in [0.15, 0.2) is 255 Å². The Morgan fingerprint density at radius 3 is 1.26 bits per heavy atom. The zero-order valence-corrected chi connectivity index (χ0v) is 37.1. The quantitative estimate of drug-likeness (QED) is 0.147. The fraction of sp³-hybridized carbons (Fsp3) is 0. The third-order valence-corrected chi connectivity index (χ3v) is 14.3. The highest BCUT2D eigenvalue weighted by molar-refractivity contribution is 6.21. The summed E-state index contributed by atoms with van der Waals surface area (Å²) in [6.45, 7) is 0. The van der Waals surface area contributed by atoms with Crippen LogP contribution in [0.5, 0.6) is 0 Å². The van der Waals surface area contributed by atoms with Gasteiger partial charge in [-0.3, -0.25) is 0 Å². The number of hydrogen-bond donors (Lipinski definition) is 0. The standard InChI is InChI=1S/C66H42N2/c1-2-17-49(18-3-1)67-62-28-13-11-21-54(62)60-41-47(36-40-63(60)67)48-35-39-55-53-20-10-12-27-61(53)68(64(55)42-48)50-37-33-46(34-38-50)66-58-24-8-6-22-56(58)65(57-23-7-9-25-59(57)66)45-31-29-44(30-32-45)52-26-14-16-43-15-4-5-19-51(43)52/h1-42H. The molecule has 68 heavy (non-hydrogen) atoms. The molecule has 2 nitrogen and oxygen atoms in total. The van der Waals surface area contributed by atoms with Crippen molar-refractivity contribution in [2.75, 3.05) is 0 Å². The SMILES string of the molecule is c1ccc(-n2c3ccccc3c3cc(-c4ccc5c6ccccc6n(-c6ccc(-c7c8ccccc8c(-c8ccc(-c9cccc%10ccccc9%10)cc8)c8ccccc78)cc6)c5c4)ccc32)cc1. The Balaban J connectivity index is 0.884. The lowest BCUT2D eigenvalue weighted by Gasteiger charge is -2.18. The van der Waals surface area contributed by atoms with E-state index >= 15 is 0 Å². The van der Waals surface area contributed by atoms with Crippen molar-refractivity contribution >= 4 is 75.9 Å². The van der Waals surface area contributed by atoms with Gasteiger partial charge >= 0.3 is 0 Å². The molecule has 0 N–H and O–H groups in total. The van der Waals surface area contributed by atoms with E-state index in [0.717, 1.165) is 5.69 Å². The molecule has 0 aliphatic carbocycles. The van der Waals surface area contributed by atoms with Crippen LogP contribution in [0, 0.1) is 0 Å². The molecule has 0 aliphatic heterocycles. The average molecular weight is 863 g/mol. The van der Waals surface area contributed by atoms with Crippen LogP contribution in [0.1, 0.15) is 0 Å². The molecule has 316 valence electrons. The van der Waals surface area contributed by atoms with Crippen molar-refractivity contribution in [3.05, 3.63) is 255 Å². The van der Waals surface area contributed by atoms with Crippen LogP contribution in [0.3, 0.4) is 0 Å². The molecule has 2 aromatic heterocycles. The smallest absolute Gasteiger partial charge is 0.0547 e. The van der Waals surface area contributed by atoms with Crippen molar-refractivity contribution in [2.24, 2.45) is 0 Å². The van der Waals surface area contributed by atoms with Gasteiger partial charge in [-0.2, -0.15) is 0 Å². The molecule has 0 saturated heterocycles. The number of aromatic nitrogens is 2. The molecule has 2 heteroatoms. The lowest BCUT2D eigenvalue weighted by molar-refractivity contribution is 1.18. The minimum absolute atomic E-state index is 1.13. The van der Waals surface area contributed by atoms with E-state index in [2.05, 4.69) is 264 Å². The summed E-state index contributed by atoms with van der Waals surface area (Å²) < 4.78 is 4.82. The van der Waals surface area contributed by atoms with Gasteiger partial charge < -0.3 is 9.13 Å². The van der Waals surface area contributed by atoms with Gasteiger partial charge in [-0.15, -0.1) is 0 Å². The summed E-state index contributed by atoms with van der Waals surface area (Å²) in [5, 5.41) is 12.5. The van der Waals surface area contributed by atoms with E-state index in [4.69, 9.17) is 0 Å². The highest BCUT2D eigenvalue weighted by atomic mass is 15.0. The van der Waals surface area contributed by atoms with Gasteiger partial charge in [0.2, 0.25) is 0 Å². The Kier molecular flexibility index (Phi) is 8.62. The van der Waals surface area contributed by atoms with Crippen LogP contribution in [-0.2, 0) is 0 Å². The summed E-state index contributed by atoms with van der Waals surface area (Å²) in [6, 6.07) is 93.7. The summed E-state index contributed by atoms with van der Waals surface area (Å²) in [5.41, 5.74) is 16.9. The summed E-state index contributed by atoms with van der Waals surface area (Å²) in [7, 11) is 0.